The average Bonchev–Trinajstić information content (AvgIpc) is 2.38. The van der Waals surface area contributed by atoms with E-state index < -0.39 is 0 Å². The largest absolute Gasteiger partial charge is 0.389 e. The summed E-state index contributed by atoms with van der Waals surface area (Å²) < 4.78 is 14.9. The summed E-state index contributed by atoms with van der Waals surface area (Å²) in [6, 6.07) is 3.78. The second kappa shape index (κ2) is 7.93. The monoisotopic (exact) mass is 360 g/mol. The van der Waals surface area contributed by atoms with E-state index in [0.29, 0.717) is 15.7 Å². The highest BCUT2D eigenvalue weighted by Gasteiger charge is 2.19. The minimum Gasteiger partial charge on any atom is -0.389 e. The predicted octanol–water partition coefficient (Wildman–Crippen LogP) is 4.63. The van der Waals surface area contributed by atoms with Crippen LogP contribution in [0.3, 0.4) is 0 Å². The second-order valence-corrected chi connectivity index (χ2v) is 6.35. The number of halogens is 2. The molecule has 1 aromatic rings. The van der Waals surface area contributed by atoms with Crippen molar-refractivity contribution in [2.75, 3.05) is 11.4 Å². The van der Waals surface area contributed by atoms with Gasteiger partial charge in [-0.25, -0.2) is 4.39 Å². The van der Waals surface area contributed by atoms with Gasteiger partial charge < -0.3 is 10.6 Å². The summed E-state index contributed by atoms with van der Waals surface area (Å²) in [5.74, 6) is -0.291. The Labute approximate surface area is 134 Å². The van der Waals surface area contributed by atoms with Gasteiger partial charge in [0, 0.05) is 18.2 Å². The van der Waals surface area contributed by atoms with Gasteiger partial charge in [-0.3, -0.25) is 0 Å². The quantitative estimate of drug-likeness (QED) is 0.567. The summed E-state index contributed by atoms with van der Waals surface area (Å²) in [5.41, 5.74) is 6.73. The Morgan fingerprint density at radius 1 is 1.40 bits per heavy atom. The Morgan fingerprint density at radius 3 is 2.55 bits per heavy atom. The topological polar surface area (TPSA) is 29.3 Å². The van der Waals surface area contributed by atoms with Gasteiger partial charge in [0.25, 0.3) is 0 Å². The van der Waals surface area contributed by atoms with Gasteiger partial charge in [0.1, 0.15) is 4.99 Å². The van der Waals surface area contributed by atoms with Gasteiger partial charge in [0.05, 0.1) is 10.2 Å². The number of nitrogens with zero attached hydrogens (tertiary/aromatic N) is 1. The van der Waals surface area contributed by atoms with Gasteiger partial charge in [-0.2, -0.15) is 0 Å². The van der Waals surface area contributed by atoms with Crippen molar-refractivity contribution in [3.05, 3.63) is 28.0 Å². The standard InChI is InChI=1S/C15H22BrFN2S/c1-4-5-6-9-19(10(2)3)12-8-7-11(15(18)20)13(16)14(12)17/h7-8,10H,4-6,9H2,1-3H3,(H2,18,20). The summed E-state index contributed by atoms with van der Waals surface area (Å²) >= 11 is 8.18. The number of hydrogen-bond donors (Lipinski definition) is 1. The lowest BCUT2D eigenvalue weighted by atomic mass is 10.1. The average molecular weight is 361 g/mol. The van der Waals surface area contributed by atoms with Crippen LogP contribution in [-0.2, 0) is 0 Å². The molecule has 0 saturated heterocycles. The van der Waals surface area contributed by atoms with Crippen LogP contribution in [0, 0.1) is 5.82 Å². The Morgan fingerprint density at radius 2 is 2.05 bits per heavy atom. The third-order valence-electron chi connectivity index (χ3n) is 3.26. The lowest BCUT2D eigenvalue weighted by Gasteiger charge is -2.30. The summed E-state index contributed by atoms with van der Waals surface area (Å²) in [6.45, 7) is 7.15. The fraction of sp³-hybridized carbons (Fsp3) is 0.533. The van der Waals surface area contributed by atoms with E-state index in [-0.39, 0.29) is 16.8 Å². The van der Waals surface area contributed by atoms with Crippen molar-refractivity contribution in [2.45, 2.75) is 46.1 Å². The van der Waals surface area contributed by atoms with E-state index in [4.69, 9.17) is 18.0 Å². The molecule has 0 bridgehead atoms. The molecule has 0 heterocycles. The zero-order valence-electron chi connectivity index (χ0n) is 12.2. The molecule has 0 atom stereocenters. The van der Waals surface area contributed by atoms with Crippen molar-refractivity contribution in [2.24, 2.45) is 5.73 Å². The minimum atomic E-state index is -0.291. The van der Waals surface area contributed by atoms with Crippen molar-refractivity contribution in [1.82, 2.24) is 0 Å². The van der Waals surface area contributed by atoms with Crippen LogP contribution in [-0.4, -0.2) is 17.6 Å². The van der Waals surface area contributed by atoms with Crippen LogP contribution in [0.4, 0.5) is 10.1 Å². The smallest absolute Gasteiger partial charge is 0.161 e. The number of rotatable bonds is 7. The van der Waals surface area contributed by atoms with Crippen LogP contribution < -0.4 is 10.6 Å². The van der Waals surface area contributed by atoms with E-state index >= 15 is 0 Å². The molecule has 0 unspecified atom stereocenters. The van der Waals surface area contributed by atoms with Crippen LogP contribution >= 0.6 is 28.1 Å². The second-order valence-electron chi connectivity index (χ2n) is 5.12. The molecule has 5 heteroatoms. The number of anilines is 1. The molecule has 0 aliphatic rings. The number of benzene rings is 1. The molecule has 1 rings (SSSR count). The molecule has 1 aromatic carbocycles. The summed E-state index contributed by atoms with van der Waals surface area (Å²) in [5, 5.41) is 0. The van der Waals surface area contributed by atoms with E-state index in [2.05, 4.69) is 41.6 Å². The predicted molar refractivity (Wildman–Crippen MR) is 92.0 cm³/mol. The van der Waals surface area contributed by atoms with Crippen LogP contribution in [0.2, 0.25) is 0 Å². The normalized spacial score (nSPS) is 10.9. The van der Waals surface area contributed by atoms with Crippen molar-refractivity contribution in [3.63, 3.8) is 0 Å². The molecule has 20 heavy (non-hydrogen) atoms. The first-order chi connectivity index (χ1) is 9.40. The van der Waals surface area contributed by atoms with E-state index in [0.717, 1.165) is 25.8 Å². The van der Waals surface area contributed by atoms with Crippen molar-refractivity contribution < 1.29 is 4.39 Å². The van der Waals surface area contributed by atoms with Crippen LogP contribution in [0.25, 0.3) is 0 Å². The van der Waals surface area contributed by atoms with E-state index in [1.54, 1.807) is 12.1 Å². The molecule has 0 radical (unpaired) electrons. The molecule has 0 fully saturated rings. The zero-order chi connectivity index (χ0) is 15.3. The fourth-order valence-electron chi connectivity index (χ4n) is 2.14. The summed E-state index contributed by atoms with van der Waals surface area (Å²) in [7, 11) is 0. The Bertz CT molecular complexity index is 477. The van der Waals surface area contributed by atoms with Gasteiger partial charge in [-0.1, -0.05) is 32.0 Å². The molecule has 112 valence electrons. The van der Waals surface area contributed by atoms with Crippen LogP contribution in [0.1, 0.15) is 45.6 Å². The molecule has 0 aliphatic heterocycles. The number of nitrogens with two attached hydrogens (primary N) is 1. The van der Waals surface area contributed by atoms with Crippen molar-refractivity contribution >= 4 is 38.8 Å². The van der Waals surface area contributed by atoms with Gasteiger partial charge in [0.2, 0.25) is 0 Å². The van der Waals surface area contributed by atoms with E-state index in [9.17, 15) is 4.39 Å². The van der Waals surface area contributed by atoms with Gasteiger partial charge >= 0.3 is 0 Å². The maximum absolute atomic E-state index is 14.5. The van der Waals surface area contributed by atoms with E-state index in [1.807, 2.05) is 0 Å². The summed E-state index contributed by atoms with van der Waals surface area (Å²) in [4.78, 5) is 2.28. The third-order valence-corrected chi connectivity index (χ3v) is 4.26. The van der Waals surface area contributed by atoms with Gasteiger partial charge in [0.15, 0.2) is 5.82 Å². The minimum absolute atomic E-state index is 0.199. The van der Waals surface area contributed by atoms with E-state index in [1.165, 1.54) is 0 Å². The first-order valence-corrected chi connectivity index (χ1v) is 8.14. The molecule has 0 aromatic heterocycles. The molecule has 0 amide bonds. The first-order valence-electron chi connectivity index (χ1n) is 6.94. The van der Waals surface area contributed by atoms with Crippen molar-refractivity contribution in [3.8, 4) is 0 Å². The maximum atomic E-state index is 14.5. The van der Waals surface area contributed by atoms with Crippen LogP contribution in [0.15, 0.2) is 16.6 Å². The lowest BCUT2D eigenvalue weighted by Crippen LogP contribution is -2.32. The highest BCUT2D eigenvalue weighted by molar-refractivity contribution is 9.10. The molecule has 0 saturated carbocycles. The molecule has 0 aliphatic carbocycles. The molecule has 0 spiro atoms. The highest BCUT2D eigenvalue weighted by Crippen LogP contribution is 2.30. The molecular weight excluding hydrogens is 339 g/mol. The highest BCUT2D eigenvalue weighted by atomic mass is 79.9. The third kappa shape index (κ3) is 4.16. The van der Waals surface area contributed by atoms with Crippen LogP contribution in [0.5, 0.6) is 0 Å². The summed E-state index contributed by atoms with van der Waals surface area (Å²) in [6.07, 6.45) is 3.36. The Balaban J connectivity index is 3.08. The zero-order valence-corrected chi connectivity index (χ0v) is 14.7. The van der Waals surface area contributed by atoms with Gasteiger partial charge in [-0.15, -0.1) is 0 Å². The van der Waals surface area contributed by atoms with Gasteiger partial charge in [-0.05, 0) is 48.3 Å². The molecule has 2 nitrogen and oxygen atoms in total. The SMILES string of the molecule is CCCCCN(c1ccc(C(N)=S)c(Br)c1F)C(C)C. The maximum Gasteiger partial charge on any atom is 0.161 e. The first kappa shape index (κ1) is 17.4. The number of unbranched alkanes of at least 4 members (excludes halogenated alkanes) is 2. The van der Waals surface area contributed by atoms with Crippen molar-refractivity contribution in [1.29, 1.82) is 0 Å². The number of hydrogen-bond acceptors (Lipinski definition) is 2. The lowest BCUT2D eigenvalue weighted by molar-refractivity contribution is 0.580. The fourth-order valence-corrected chi connectivity index (χ4v) is 2.99. The Kier molecular flexibility index (Phi) is 6.89. The Hall–Kier alpha value is -0.680. The molecular formula is C15H22BrFN2S. The number of thiocarbonyl (C=S) groups is 1. The molecule has 2 N–H and O–H groups in total.